The second-order valence-electron chi connectivity index (χ2n) is 11.5. The van der Waals surface area contributed by atoms with Crippen molar-refractivity contribution in [1.29, 1.82) is 0 Å². The van der Waals surface area contributed by atoms with Gasteiger partial charge in [0.1, 0.15) is 23.9 Å². The van der Waals surface area contributed by atoms with Crippen LogP contribution in [0, 0.1) is 5.92 Å². The maximum absolute atomic E-state index is 13.4. The molecule has 2 aromatic carbocycles. The predicted molar refractivity (Wildman–Crippen MR) is 173 cm³/mol. The molecule has 0 spiro atoms. The van der Waals surface area contributed by atoms with Gasteiger partial charge in [-0.3, -0.25) is 28.8 Å². The molecule has 48 heavy (non-hydrogen) atoms. The van der Waals surface area contributed by atoms with Gasteiger partial charge in [-0.15, -0.1) is 0 Å². The lowest BCUT2D eigenvalue weighted by molar-refractivity contribution is -0.143. The van der Waals surface area contributed by atoms with Crippen LogP contribution in [-0.2, 0) is 46.4 Å². The zero-order valence-electron chi connectivity index (χ0n) is 26.7. The van der Waals surface area contributed by atoms with E-state index in [0.717, 1.165) is 0 Å². The number of hydrogen-bond donors (Lipinski definition) is 9. The fraction of sp³-hybridized carbons (Fsp3) is 0.406. The number of carbonyl (C=O) groups excluding carboxylic acids is 6. The minimum Gasteiger partial charge on any atom is -0.508 e. The maximum Gasteiger partial charge on any atom is 0.326 e. The first-order chi connectivity index (χ1) is 22.6. The molecule has 0 fully saturated rings. The van der Waals surface area contributed by atoms with E-state index >= 15 is 0 Å². The lowest BCUT2D eigenvalue weighted by atomic mass is 10.0. The lowest BCUT2D eigenvalue weighted by Gasteiger charge is -2.25. The minimum atomic E-state index is -1.61. The standard InChI is InChI=1S/C32H43N7O9/c1-18(2)12-23(30(45)39-25(32(47)48)15-26(34)41)38-31(46)24(14-19-6-4-3-5-7-19)37-28(43)17-35-27(42)16-36-29(44)22(33)13-20-8-10-21(40)11-9-20/h3-11,18,22-25,40H,12-17,33H2,1-2H3,(H2,34,41)(H,35,42)(H,36,44)(H,37,43)(H,38,46)(H,39,45)(H,47,48)/t22-,23-,24-,25-/m0/s1. The highest BCUT2D eigenvalue weighted by atomic mass is 16.4. The number of aromatic hydroxyl groups is 1. The summed E-state index contributed by atoms with van der Waals surface area (Å²) in [6, 6.07) is 9.81. The molecule has 0 unspecified atom stereocenters. The molecule has 6 amide bonds. The average molecular weight is 670 g/mol. The Balaban J connectivity index is 2.02. The van der Waals surface area contributed by atoms with Gasteiger partial charge < -0.3 is 48.3 Å². The van der Waals surface area contributed by atoms with Gasteiger partial charge in [-0.2, -0.15) is 0 Å². The molecule has 0 aromatic heterocycles. The van der Waals surface area contributed by atoms with E-state index in [4.69, 9.17) is 11.5 Å². The van der Waals surface area contributed by atoms with Crippen LogP contribution in [0.25, 0.3) is 0 Å². The summed E-state index contributed by atoms with van der Waals surface area (Å²) >= 11 is 0. The van der Waals surface area contributed by atoms with Crippen molar-refractivity contribution in [1.82, 2.24) is 26.6 Å². The molecule has 0 saturated heterocycles. The van der Waals surface area contributed by atoms with Crippen LogP contribution in [0.1, 0.15) is 37.8 Å². The Labute approximate surface area is 277 Å². The number of phenolic OH excluding ortho intramolecular Hbond substituents is 1. The number of amides is 6. The van der Waals surface area contributed by atoms with Crippen molar-refractivity contribution in [2.45, 2.75) is 63.7 Å². The van der Waals surface area contributed by atoms with Crippen molar-refractivity contribution in [2.24, 2.45) is 17.4 Å². The summed E-state index contributed by atoms with van der Waals surface area (Å²) in [6.07, 6.45) is -0.379. The topological polar surface area (TPSA) is 272 Å². The number of carboxylic acid groups (broad SMARTS) is 1. The third kappa shape index (κ3) is 14.3. The summed E-state index contributed by atoms with van der Waals surface area (Å²) in [5.74, 6) is -6.14. The number of primary amides is 1. The molecule has 2 rings (SSSR count). The highest BCUT2D eigenvalue weighted by Crippen LogP contribution is 2.11. The third-order valence-corrected chi connectivity index (χ3v) is 6.89. The number of carboxylic acids is 1. The molecule has 0 aliphatic rings. The Bertz CT molecular complexity index is 1440. The molecule has 0 aliphatic carbocycles. The Morgan fingerprint density at radius 3 is 1.83 bits per heavy atom. The molecule has 0 bridgehead atoms. The molecule has 0 radical (unpaired) electrons. The van der Waals surface area contributed by atoms with Crippen LogP contribution >= 0.6 is 0 Å². The van der Waals surface area contributed by atoms with Crippen molar-refractivity contribution in [2.75, 3.05) is 13.1 Å². The number of nitrogens with two attached hydrogens (primary N) is 2. The number of hydrogen-bond acceptors (Lipinski definition) is 9. The van der Waals surface area contributed by atoms with E-state index in [1.165, 1.54) is 12.1 Å². The smallest absolute Gasteiger partial charge is 0.326 e. The van der Waals surface area contributed by atoms with Gasteiger partial charge in [-0.05, 0) is 42.0 Å². The van der Waals surface area contributed by atoms with Crippen molar-refractivity contribution in [3.63, 3.8) is 0 Å². The van der Waals surface area contributed by atoms with E-state index in [1.807, 2.05) is 0 Å². The number of aliphatic carboxylic acids is 1. The van der Waals surface area contributed by atoms with Gasteiger partial charge in [0.25, 0.3) is 0 Å². The van der Waals surface area contributed by atoms with E-state index in [9.17, 15) is 43.8 Å². The number of benzene rings is 2. The summed E-state index contributed by atoms with van der Waals surface area (Å²) < 4.78 is 0. The normalized spacial score (nSPS) is 13.2. The van der Waals surface area contributed by atoms with Gasteiger partial charge in [-0.1, -0.05) is 56.3 Å². The summed E-state index contributed by atoms with van der Waals surface area (Å²) in [5.41, 5.74) is 12.4. The molecule has 16 heteroatoms. The second kappa shape index (κ2) is 19.2. The van der Waals surface area contributed by atoms with Crippen LogP contribution in [-0.4, -0.2) is 88.9 Å². The summed E-state index contributed by atoms with van der Waals surface area (Å²) in [6.45, 7) is 2.54. The van der Waals surface area contributed by atoms with Gasteiger partial charge in [-0.25, -0.2) is 4.79 Å². The quantitative estimate of drug-likeness (QED) is 0.0809. The Morgan fingerprint density at radius 2 is 1.25 bits per heavy atom. The number of carbonyl (C=O) groups is 7. The zero-order valence-corrected chi connectivity index (χ0v) is 26.7. The van der Waals surface area contributed by atoms with E-state index < -0.39 is 85.1 Å². The second-order valence-corrected chi connectivity index (χ2v) is 11.5. The third-order valence-electron chi connectivity index (χ3n) is 6.89. The SMILES string of the molecule is CC(C)C[C@H](NC(=O)[C@H](Cc1ccccc1)NC(=O)CNC(=O)CNC(=O)[C@@H](N)Cc1ccc(O)cc1)C(=O)N[C@@H](CC(N)=O)C(=O)O. The molecular formula is C32H43N7O9. The lowest BCUT2D eigenvalue weighted by Crippen LogP contribution is -2.57. The van der Waals surface area contributed by atoms with Crippen LogP contribution in [0.15, 0.2) is 54.6 Å². The van der Waals surface area contributed by atoms with Crippen LogP contribution in [0.5, 0.6) is 5.75 Å². The zero-order chi connectivity index (χ0) is 35.8. The van der Waals surface area contributed by atoms with Crippen molar-refractivity contribution >= 4 is 41.4 Å². The molecule has 0 heterocycles. The molecule has 16 nitrogen and oxygen atoms in total. The van der Waals surface area contributed by atoms with Gasteiger partial charge in [0.2, 0.25) is 35.4 Å². The van der Waals surface area contributed by atoms with E-state index in [1.54, 1.807) is 56.3 Å². The Kier molecular flexibility index (Phi) is 15.5. The fourth-order valence-corrected chi connectivity index (χ4v) is 4.47. The monoisotopic (exact) mass is 669 g/mol. The fourth-order valence-electron chi connectivity index (χ4n) is 4.47. The molecule has 2 aromatic rings. The summed E-state index contributed by atoms with van der Waals surface area (Å²) in [5, 5.41) is 30.8. The van der Waals surface area contributed by atoms with Crippen molar-refractivity contribution in [3.05, 3.63) is 65.7 Å². The molecule has 260 valence electrons. The van der Waals surface area contributed by atoms with E-state index in [-0.39, 0.29) is 30.9 Å². The number of nitrogens with one attached hydrogen (secondary N) is 5. The Morgan fingerprint density at radius 1 is 0.688 bits per heavy atom. The maximum atomic E-state index is 13.4. The van der Waals surface area contributed by atoms with Crippen LogP contribution < -0.4 is 38.1 Å². The first-order valence-corrected chi connectivity index (χ1v) is 15.2. The molecule has 0 saturated carbocycles. The molecule has 11 N–H and O–H groups in total. The van der Waals surface area contributed by atoms with Crippen LogP contribution in [0.2, 0.25) is 0 Å². The van der Waals surface area contributed by atoms with Crippen LogP contribution in [0.3, 0.4) is 0 Å². The van der Waals surface area contributed by atoms with E-state index in [2.05, 4.69) is 26.6 Å². The average Bonchev–Trinajstić information content (AvgIpc) is 3.02. The first kappa shape index (κ1) is 38.7. The van der Waals surface area contributed by atoms with Crippen molar-refractivity contribution in [3.8, 4) is 5.75 Å². The molecule has 0 aliphatic heterocycles. The van der Waals surface area contributed by atoms with Crippen molar-refractivity contribution < 1.29 is 43.8 Å². The summed E-state index contributed by atoms with van der Waals surface area (Å²) in [4.78, 5) is 86.8. The largest absolute Gasteiger partial charge is 0.508 e. The number of rotatable bonds is 19. The molecular weight excluding hydrogens is 626 g/mol. The van der Waals surface area contributed by atoms with Gasteiger partial charge in [0.05, 0.1) is 25.6 Å². The molecule has 4 atom stereocenters. The number of phenols is 1. The van der Waals surface area contributed by atoms with Gasteiger partial charge in [0, 0.05) is 6.42 Å². The minimum absolute atomic E-state index is 0.0107. The predicted octanol–water partition coefficient (Wildman–Crippen LogP) is -1.80. The van der Waals surface area contributed by atoms with Gasteiger partial charge in [0.15, 0.2) is 0 Å². The highest BCUT2D eigenvalue weighted by molar-refractivity contribution is 5.95. The first-order valence-electron chi connectivity index (χ1n) is 15.2. The van der Waals surface area contributed by atoms with Gasteiger partial charge >= 0.3 is 5.97 Å². The van der Waals surface area contributed by atoms with Crippen LogP contribution in [0.4, 0.5) is 0 Å². The Hall–Kier alpha value is -5.51. The van der Waals surface area contributed by atoms with E-state index in [0.29, 0.717) is 11.1 Å². The highest BCUT2D eigenvalue weighted by Gasteiger charge is 2.31. The summed E-state index contributed by atoms with van der Waals surface area (Å²) in [7, 11) is 0.